The maximum atomic E-state index is 16.4. The van der Waals surface area contributed by atoms with Crippen molar-refractivity contribution in [1.82, 2.24) is 29.1 Å². The van der Waals surface area contributed by atoms with Crippen molar-refractivity contribution in [2.45, 2.75) is 61.9 Å². The Morgan fingerprint density at radius 3 is 2.47 bits per heavy atom. The number of hydrogen-bond acceptors (Lipinski definition) is 18. The smallest absolute Gasteiger partial charge is 0.472 e. The summed E-state index contributed by atoms with van der Waals surface area (Å²) in [7, 11) is -5.28. The summed E-state index contributed by atoms with van der Waals surface area (Å²) >= 11 is 0.552. The fourth-order valence-corrected chi connectivity index (χ4v) is 10.9. The molecule has 0 amide bonds. The first kappa shape index (κ1) is 41.8. The molecule has 0 spiro atoms. The first-order valence-corrected chi connectivity index (χ1v) is 22.4. The average Bonchev–Trinajstić information content (AvgIpc) is 3.86. The lowest BCUT2D eigenvalue weighted by Crippen LogP contribution is -2.36. The number of rotatable bonds is 7. The molecule has 2 aromatic carbocycles. The molecular weight excluding hydrogens is 862 g/mol. The van der Waals surface area contributed by atoms with Crippen LogP contribution in [-0.4, -0.2) is 95.0 Å². The van der Waals surface area contributed by atoms with Crippen LogP contribution in [0.15, 0.2) is 77.0 Å². The number of nitrogen functional groups attached to an aromatic ring is 1. The zero-order valence-electron chi connectivity index (χ0n) is 30.8. The van der Waals surface area contributed by atoms with Crippen molar-refractivity contribution in [2.24, 2.45) is 0 Å². The molecule has 1 unspecified atom stereocenters. The quantitative estimate of drug-likeness (QED) is 0.103. The number of esters is 1. The second kappa shape index (κ2) is 16.5. The first-order chi connectivity index (χ1) is 28.6. The fraction of sp³-hybridized carbons (Fsp3) is 0.353. The van der Waals surface area contributed by atoms with Crippen molar-refractivity contribution < 1.29 is 65.0 Å². The molecule has 0 saturated carbocycles. The Morgan fingerprint density at radius 1 is 0.967 bits per heavy atom. The number of phosphoric ester groups is 1. The summed E-state index contributed by atoms with van der Waals surface area (Å²) in [5, 5.41) is 9.67. The van der Waals surface area contributed by atoms with Gasteiger partial charge in [-0.05, 0) is 59.8 Å². The zero-order valence-corrected chi connectivity index (χ0v) is 33.4. The van der Waals surface area contributed by atoms with Gasteiger partial charge in [-0.3, -0.25) is 37.0 Å². The Balaban J connectivity index is 1.08. The van der Waals surface area contributed by atoms with Crippen LogP contribution in [0.3, 0.4) is 0 Å². The van der Waals surface area contributed by atoms with Crippen molar-refractivity contribution in [2.75, 3.05) is 18.9 Å². The number of aryl methyl sites for hydroxylation is 1. The molecule has 3 aliphatic rings. The maximum Gasteiger partial charge on any atom is 0.472 e. The van der Waals surface area contributed by atoms with Crippen molar-refractivity contribution in [3.05, 3.63) is 105 Å². The number of phenolic OH excluding ortho intramolecular Hbond substituents is 1. The highest BCUT2D eigenvalue weighted by Gasteiger charge is 2.55. The number of ether oxygens (including phenoxy) is 3. The number of fused-ring (bicyclic) bond motifs is 4. The molecule has 26 heteroatoms. The van der Waals surface area contributed by atoms with Crippen LogP contribution in [0.25, 0.3) is 11.2 Å². The standard InChI is InChI=1S/C34H33F2N7O14P2S/c1-16-10-18(44)4-7-20(16)33(46)53-19-5-2-17(3-6-19)13-60-59(50)52-11-21-24(35)28(32(54-21)43-15-40-26-29(37)38-14-39-30(26)43)56-58(48,49)51-12-22-27(57-59)25(36)31(55-22)42-9-8-23(45)41-34(42)47/h2-10,14-15,21-22,24-25,27-28,31-32,44H,11-13H2,1H3,(H,48,49)(H2,37,38,39)(H,41,45,47)/t21-,22-,24-,25-,27-,28-,31-,32-,59+/m1/s1. The third-order valence-electron chi connectivity index (χ3n) is 9.58. The van der Waals surface area contributed by atoms with Crippen LogP contribution in [0.1, 0.15) is 33.9 Å². The summed E-state index contributed by atoms with van der Waals surface area (Å²) < 4.78 is 102. The third kappa shape index (κ3) is 8.53. The molecule has 3 fully saturated rings. The van der Waals surface area contributed by atoms with Gasteiger partial charge in [0.15, 0.2) is 36.3 Å². The molecule has 3 aromatic heterocycles. The number of carbonyl (C=O) groups excluding carboxylic acids is 1. The van der Waals surface area contributed by atoms with E-state index >= 15 is 8.78 Å². The van der Waals surface area contributed by atoms with E-state index in [4.69, 9.17) is 38.0 Å². The van der Waals surface area contributed by atoms with Crippen LogP contribution in [0.5, 0.6) is 11.5 Å². The summed E-state index contributed by atoms with van der Waals surface area (Å²) in [6, 6.07) is 11.1. The number of imidazole rings is 1. The van der Waals surface area contributed by atoms with E-state index in [-0.39, 0.29) is 39.8 Å². The van der Waals surface area contributed by atoms with Crippen molar-refractivity contribution in [1.29, 1.82) is 0 Å². The van der Waals surface area contributed by atoms with Gasteiger partial charge in [0.25, 0.3) is 5.56 Å². The third-order valence-corrected chi connectivity index (χ3v) is 14.2. The van der Waals surface area contributed by atoms with Gasteiger partial charge in [-0.15, -0.1) is 0 Å². The Kier molecular flexibility index (Phi) is 11.5. The number of anilines is 1. The van der Waals surface area contributed by atoms with E-state index in [1.165, 1.54) is 53.4 Å². The number of H-pyrrole nitrogens is 1. The largest absolute Gasteiger partial charge is 0.508 e. The van der Waals surface area contributed by atoms with Gasteiger partial charge in [0.05, 0.1) is 25.1 Å². The maximum absolute atomic E-state index is 16.4. The van der Waals surface area contributed by atoms with E-state index in [1.54, 1.807) is 6.92 Å². The van der Waals surface area contributed by atoms with Gasteiger partial charge >= 0.3 is 26.3 Å². The summed E-state index contributed by atoms with van der Waals surface area (Å²) in [4.78, 5) is 62.1. The molecule has 0 radical (unpaired) electrons. The summed E-state index contributed by atoms with van der Waals surface area (Å²) in [6.07, 6.45) is -11.9. The van der Waals surface area contributed by atoms with Gasteiger partial charge in [0.2, 0.25) is 0 Å². The normalized spacial score (nSPS) is 30.9. The topological polar surface area (TPSA) is 281 Å². The number of nitrogens with two attached hydrogens (primary N) is 1. The molecule has 3 saturated heterocycles. The number of phosphoric acid groups is 1. The average molecular weight is 896 g/mol. The number of aromatic amines is 1. The van der Waals surface area contributed by atoms with Crippen LogP contribution in [0.2, 0.25) is 0 Å². The monoisotopic (exact) mass is 895 g/mol. The van der Waals surface area contributed by atoms with E-state index in [9.17, 15) is 33.5 Å². The number of hydrogen-bond donors (Lipinski definition) is 4. The van der Waals surface area contributed by atoms with Crippen LogP contribution in [0, 0.1) is 6.92 Å². The lowest BCUT2D eigenvalue weighted by Gasteiger charge is -2.27. The number of aromatic nitrogens is 6. The van der Waals surface area contributed by atoms with Crippen LogP contribution in [0.4, 0.5) is 14.6 Å². The highest BCUT2D eigenvalue weighted by Crippen LogP contribution is 2.64. The number of nitrogens with one attached hydrogen (secondary N) is 1. The Bertz CT molecular complexity index is 2660. The molecule has 5 N–H and O–H groups in total. The van der Waals surface area contributed by atoms with Crippen molar-refractivity contribution >= 4 is 49.0 Å². The predicted molar refractivity (Wildman–Crippen MR) is 203 cm³/mol. The van der Waals surface area contributed by atoms with E-state index < -0.39 is 94.3 Å². The number of phenols is 1. The molecule has 21 nitrogen and oxygen atoms in total. The highest BCUT2D eigenvalue weighted by molar-refractivity contribution is 8.54. The first-order valence-electron chi connectivity index (χ1n) is 17.8. The van der Waals surface area contributed by atoms with Gasteiger partial charge < -0.3 is 29.9 Å². The molecule has 318 valence electrons. The van der Waals surface area contributed by atoms with Crippen molar-refractivity contribution in [3.63, 3.8) is 0 Å². The molecule has 60 heavy (non-hydrogen) atoms. The fourth-order valence-electron chi connectivity index (χ4n) is 6.64. The molecule has 3 aliphatic heterocycles. The lowest BCUT2D eigenvalue weighted by molar-refractivity contribution is -0.0640. The van der Waals surface area contributed by atoms with Crippen molar-refractivity contribution in [3.8, 4) is 11.5 Å². The van der Waals surface area contributed by atoms with E-state index in [0.717, 1.165) is 18.6 Å². The summed E-state index contributed by atoms with van der Waals surface area (Å²) in [5.74, 6) is -0.731. The number of halogens is 2. The van der Waals surface area contributed by atoms with Gasteiger partial charge in [-0.2, -0.15) is 0 Å². The van der Waals surface area contributed by atoms with Gasteiger partial charge in [0.1, 0.15) is 47.8 Å². The minimum absolute atomic E-state index is 0.0198. The Hall–Kier alpha value is -4.87. The SMILES string of the molecule is Cc1cc(O)ccc1C(=O)Oc1ccc(CS[P@@]2(=O)OC[C@H]3O[C@@H](n4cnc5c(N)ncnc54)[C@H](OP(=O)(O)OC[C@H]4O[C@@H](n5ccc(=O)[nH]c5=O)[C@H](F)[C@@H]4O2)[C@@H]3F)cc1. The van der Waals surface area contributed by atoms with Crippen LogP contribution < -0.4 is 21.7 Å². The molecular formula is C34H33F2N7O14P2S. The lowest BCUT2D eigenvalue weighted by atomic mass is 10.1. The number of nitrogens with zero attached hydrogens (tertiary/aromatic N) is 5. The Morgan fingerprint density at radius 2 is 1.72 bits per heavy atom. The molecule has 8 rings (SSSR count). The summed E-state index contributed by atoms with van der Waals surface area (Å²) in [6.45, 7) is -4.88. The molecule has 6 heterocycles. The van der Waals surface area contributed by atoms with Crippen LogP contribution in [-0.2, 0) is 42.5 Å². The zero-order chi connectivity index (χ0) is 42.5. The second-order valence-electron chi connectivity index (χ2n) is 13.6. The molecule has 10 atom stereocenters. The van der Waals surface area contributed by atoms with E-state index in [0.29, 0.717) is 27.1 Å². The minimum atomic E-state index is -5.28. The number of carbonyl (C=O) groups is 1. The molecule has 2 bridgehead atoms. The van der Waals surface area contributed by atoms with Gasteiger partial charge in [-0.25, -0.2) is 42.5 Å². The van der Waals surface area contributed by atoms with E-state index in [2.05, 4.69) is 15.0 Å². The number of alkyl halides is 2. The number of aromatic hydroxyl groups is 1. The van der Waals surface area contributed by atoms with E-state index in [1.807, 2.05) is 4.98 Å². The Labute approximate surface area is 339 Å². The minimum Gasteiger partial charge on any atom is -0.508 e. The summed E-state index contributed by atoms with van der Waals surface area (Å²) in [5.41, 5.74) is 5.38. The van der Waals surface area contributed by atoms with Gasteiger partial charge in [-0.1, -0.05) is 12.1 Å². The molecule has 5 aromatic rings. The number of benzene rings is 2. The molecule has 0 aliphatic carbocycles. The second-order valence-corrected chi connectivity index (χ2v) is 19.0. The van der Waals surface area contributed by atoms with Crippen LogP contribution >= 0.6 is 26.0 Å². The van der Waals surface area contributed by atoms with Gasteiger partial charge in [0, 0.05) is 18.0 Å². The highest BCUT2D eigenvalue weighted by atomic mass is 32.7. The predicted octanol–water partition coefficient (Wildman–Crippen LogP) is 3.62.